The van der Waals surface area contributed by atoms with E-state index in [-0.39, 0.29) is 11.1 Å². The monoisotopic (exact) mass is 495 g/mol. The van der Waals surface area contributed by atoms with Gasteiger partial charge in [0.25, 0.3) is 0 Å². The molecule has 1 aromatic rings. The molecule has 33 heavy (non-hydrogen) atoms. The SMILES string of the molecule is CCNC(=S)N/N=C(C)/C(=N\NC(=S)NCC)c1ccc(CN2C(C)(C)COCC2(C)C)o1. The van der Waals surface area contributed by atoms with Gasteiger partial charge >= 0.3 is 0 Å². The molecular weight excluding hydrogens is 458 g/mol. The van der Waals surface area contributed by atoms with Gasteiger partial charge in [-0.3, -0.25) is 15.8 Å². The van der Waals surface area contributed by atoms with Gasteiger partial charge in [-0.05, 0) is 85.0 Å². The molecule has 0 atom stereocenters. The predicted molar refractivity (Wildman–Crippen MR) is 142 cm³/mol. The first-order chi connectivity index (χ1) is 15.5. The van der Waals surface area contributed by atoms with Gasteiger partial charge in [-0.15, -0.1) is 0 Å². The summed E-state index contributed by atoms with van der Waals surface area (Å²) >= 11 is 10.4. The van der Waals surface area contributed by atoms with Gasteiger partial charge < -0.3 is 19.8 Å². The summed E-state index contributed by atoms with van der Waals surface area (Å²) in [7, 11) is 0. The molecule has 0 spiro atoms. The molecule has 0 unspecified atom stereocenters. The molecule has 1 fully saturated rings. The van der Waals surface area contributed by atoms with Gasteiger partial charge in [-0.1, -0.05) is 0 Å². The fraction of sp³-hybridized carbons (Fsp3) is 0.636. The largest absolute Gasteiger partial charge is 0.458 e. The Labute approximate surface area is 207 Å². The van der Waals surface area contributed by atoms with Gasteiger partial charge in [0.05, 0.1) is 25.5 Å². The van der Waals surface area contributed by atoms with Crippen molar-refractivity contribution in [3.63, 3.8) is 0 Å². The van der Waals surface area contributed by atoms with E-state index < -0.39 is 0 Å². The molecule has 0 bridgehead atoms. The second-order valence-corrected chi connectivity index (χ2v) is 9.89. The first-order valence-electron chi connectivity index (χ1n) is 11.1. The molecule has 1 saturated heterocycles. The number of nitrogens with one attached hydrogen (secondary N) is 4. The van der Waals surface area contributed by atoms with Crippen LogP contribution in [0.2, 0.25) is 0 Å². The van der Waals surface area contributed by atoms with E-state index in [0.29, 0.717) is 60.3 Å². The van der Waals surface area contributed by atoms with Crippen LogP contribution < -0.4 is 21.5 Å². The Kier molecular flexibility index (Phi) is 9.77. The van der Waals surface area contributed by atoms with Crippen LogP contribution >= 0.6 is 24.4 Å². The second kappa shape index (κ2) is 11.9. The van der Waals surface area contributed by atoms with Crippen LogP contribution in [-0.4, -0.2) is 63.9 Å². The van der Waals surface area contributed by atoms with Crippen LogP contribution in [0.4, 0.5) is 0 Å². The van der Waals surface area contributed by atoms with Crippen molar-refractivity contribution >= 4 is 46.1 Å². The van der Waals surface area contributed by atoms with Crippen molar-refractivity contribution in [1.29, 1.82) is 0 Å². The lowest BCUT2D eigenvalue weighted by molar-refractivity contribution is -0.133. The minimum atomic E-state index is -0.117. The second-order valence-electron chi connectivity index (χ2n) is 9.07. The molecule has 2 heterocycles. The molecule has 0 aliphatic carbocycles. The Hall–Kier alpha value is -2.08. The van der Waals surface area contributed by atoms with Gasteiger partial charge in [0.15, 0.2) is 16.0 Å². The Morgan fingerprint density at radius 3 is 2.06 bits per heavy atom. The normalized spacial score (nSPS) is 18.5. The third-order valence-corrected chi connectivity index (χ3v) is 5.66. The first kappa shape index (κ1) is 27.2. The summed E-state index contributed by atoms with van der Waals surface area (Å²) < 4.78 is 12.1. The Balaban J connectivity index is 2.29. The highest BCUT2D eigenvalue weighted by Crippen LogP contribution is 2.32. The lowest BCUT2D eigenvalue weighted by Gasteiger charge is -2.52. The van der Waals surface area contributed by atoms with E-state index in [1.54, 1.807) is 0 Å². The molecule has 1 aliphatic heterocycles. The molecule has 0 radical (unpaired) electrons. The fourth-order valence-corrected chi connectivity index (χ4v) is 4.09. The van der Waals surface area contributed by atoms with Crippen molar-refractivity contribution in [2.75, 3.05) is 26.3 Å². The van der Waals surface area contributed by atoms with Crippen molar-refractivity contribution < 1.29 is 9.15 Å². The predicted octanol–water partition coefficient (Wildman–Crippen LogP) is 2.72. The summed E-state index contributed by atoms with van der Waals surface area (Å²) in [6.45, 7) is 17.9. The van der Waals surface area contributed by atoms with Gasteiger partial charge in [-0.2, -0.15) is 10.2 Å². The molecule has 9 nitrogen and oxygen atoms in total. The van der Waals surface area contributed by atoms with Crippen LogP contribution in [0.15, 0.2) is 26.8 Å². The maximum Gasteiger partial charge on any atom is 0.186 e. The third-order valence-electron chi connectivity index (χ3n) is 5.19. The number of furan rings is 1. The zero-order chi connectivity index (χ0) is 24.6. The summed E-state index contributed by atoms with van der Waals surface area (Å²) in [5.41, 5.74) is 6.57. The van der Waals surface area contributed by atoms with E-state index in [2.05, 4.69) is 64.3 Å². The minimum absolute atomic E-state index is 0.117. The number of ether oxygens (including phenoxy) is 1. The third kappa shape index (κ3) is 7.73. The molecule has 4 N–H and O–H groups in total. The standard InChI is InChI=1S/C22H37N7O2S2/c1-8-23-19(32)27-25-15(3)18(26-28-20(33)24-9-2)17-11-10-16(31-17)12-29-21(4,5)13-30-14-22(29,6)7/h10-11H,8-9,12-14H2,1-7H3,(H2,23,27,32)(H2,24,28,33)/b25-15+,26-18+. The lowest BCUT2D eigenvalue weighted by atomic mass is 9.91. The van der Waals surface area contributed by atoms with Crippen LogP contribution in [0.3, 0.4) is 0 Å². The number of rotatable bonds is 8. The highest BCUT2D eigenvalue weighted by atomic mass is 32.1. The van der Waals surface area contributed by atoms with E-state index in [4.69, 9.17) is 33.6 Å². The zero-order valence-electron chi connectivity index (χ0n) is 20.7. The lowest BCUT2D eigenvalue weighted by Crippen LogP contribution is -2.62. The molecule has 1 aliphatic rings. The number of hydrogen-bond acceptors (Lipinski definition) is 7. The van der Waals surface area contributed by atoms with E-state index in [1.807, 2.05) is 32.9 Å². The van der Waals surface area contributed by atoms with E-state index in [0.717, 1.165) is 5.76 Å². The highest BCUT2D eigenvalue weighted by molar-refractivity contribution is 7.80. The smallest absolute Gasteiger partial charge is 0.186 e. The Morgan fingerprint density at radius 2 is 1.52 bits per heavy atom. The summed E-state index contributed by atoms with van der Waals surface area (Å²) in [5, 5.41) is 15.7. The maximum atomic E-state index is 6.23. The van der Waals surface area contributed by atoms with Crippen molar-refractivity contribution in [3.05, 3.63) is 23.7 Å². The quantitative estimate of drug-likeness (QED) is 0.246. The molecule has 1 aromatic heterocycles. The molecule has 11 heteroatoms. The van der Waals surface area contributed by atoms with E-state index in [1.165, 1.54) is 0 Å². The number of hydrogen-bond donors (Lipinski definition) is 4. The van der Waals surface area contributed by atoms with E-state index in [9.17, 15) is 0 Å². The molecular formula is C22H37N7O2S2. The van der Waals surface area contributed by atoms with E-state index >= 15 is 0 Å². The van der Waals surface area contributed by atoms with Crippen molar-refractivity contribution in [1.82, 2.24) is 26.4 Å². The number of morpholine rings is 1. The maximum absolute atomic E-state index is 6.23. The van der Waals surface area contributed by atoms with Gasteiger partial charge in [0.2, 0.25) is 0 Å². The van der Waals surface area contributed by atoms with Gasteiger partial charge in [0, 0.05) is 24.2 Å². The zero-order valence-corrected chi connectivity index (χ0v) is 22.3. The Morgan fingerprint density at radius 1 is 0.970 bits per heavy atom. The molecule has 0 saturated carbocycles. The summed E-state index contributed by atoms with van der Waals surface area (Å²) in [4.78, 5) is 2.42. The van der Waals surface area contributed by atoms with Crippen LogP contribution in [0.5, 0.6) is 0 Å². The summed E-state index contributed by atoms with van der Waals surface area (Å²) in [6.07, 6.45) is 0. The van der Waals surface area contributed by atoms with Crippen LogP contribution in [0, 0.1) is 0 Å². The highest BCUT2D eigenvalue weighted by Gasteiger charge is 2.42. The molecule has 184 valence electrons. The van der Waals surface area contributed by atoms with Crippen molar-refractivity contribution in [2.24, 2.45) is 10.2 Å². The average Bonchev–Trinajstić information content (AvgIpc) is 3.18. The number of hydrazone groups is 2. The Bertz CT molecular complexity index is 877. The molecule has 0 amide bonds. The minimum Gasteiger partial charge on any atom is -0.458 e. The van der Waals surface area contributed by atoms with Gasteiger partial charge in [0.1, 0.15) is 11.5 Å². The summed E-state index contributed by atoms with van der Waals surface area (Å²) in [6, 6.07) is 3.87. The number of thiocarbonyl (C=S) groups is 2. The molecule has 2 rings (SSSR count). The van der Waals surface area contributed by atoms with Crippen LogP contribution in [0.25, 0.3) is 0 Å². The van der Waals surface area contributed by atoms with Crippen LogP contribution in [-0.2, 0) is 11.3 Å². The topological polar surface area (TPSA) is 98.5 Å². The first-order valence-corrected chi connectivity index (χ1v) is 12.0. The fourth-order valence-electron chi connectivity index (χ4n) is 3.71. The summed E-state index contributed by atoms with van der Waals surface area (Å²) in [5.74, 6) is 1.41. The number of nitrogens with zero attached hydrogens (tertiary/aromatic N) is 3. The van der Waals surface area contributed by atoms with Gasteiger partial charge in [-0.25, -0.2) is 0 Å². The van der Waals surface area contributed by atoms with Crippen molar-refractivity contribution in [3.8, 4) is 0 Å². The van der Waals surface area contributed by atoms with Crippen molar-refractivity contribution in [2.45, 2.75) is 66.1 Å². The van der Waals surface area contributed by atoms with Crippen LogP contribution in [0.1, 0.15) is 60.0 Å². The average molecular weight is 496 g/mol. The molecule has 0 aromatic carbocycles.